The Hall–Kier alpha value is -3.22. The minimum Gasteiger partial charge on any atom is -0.317 e. The fourth-order valence-corrected chi connectivity index (χ4v) is 3.37. The number of para-hydroxylation sites is 1. The van der Waals surface area contributed by atoms with Crippen molar-refractivity contribution in [3.05, 3.63) is 89.2 Å². The van der Waals surface area contributed by atoms with Crippen LogP contribution in [0.4, 0.5) is 5.69 Å². The zero-order valence-corrected chi connectivity index (χ0v) is 16.1. The quantitative estimate of drug-likeness (QED) is 0.406. The molecule has 1 saturated heterocycles. The molecule has 0 bridgehead atoms. The molecule has 1 aromatic heterocycles. The number of halogens is 1. The maximum absolute atomic E-state index is 13.0. The molecule has 0 atom stereocenters. The number of nitrogens with one attached hydrogen (secondary N) is 1. The van der Waals surface area contributed by atoms with Crippen LogP contribution in [0, 0.1) is 0 Å². The molecule has 3 aromatic rings. The Bertz CT molecular complexity index is 1100. The summed E-state index contributed by atoms with van der Waals surface area (Å²) in [5, 5.41) is 3.28. The SMILES string of the molecule is O=C1NC(=S)N(c2ccccc2)C(=O)C1=Cc1cccn1-c1ccc(Cl)cc1. The Kier molecular flexibility index (Phi) is 4.81. The first-order chi connectivity index (χ1) is 13.5. The van der Waals surface area contributed by atoms with Crippen molar-refractivity contribution >= 4 is 52.5 Å². The highest BCUT2D eigenvalue weighted by atomic mass is 35.5. The summed E-state index contributed by atoms with van der Waals surface area (Å²) in [6, 6.07) is 19.9. The van der Waals surface area contributed by atoms with Gasteiger partial charge in [0.1, 0.15) is 5.57 Å². The monoisotopic (exact) mass is 407 g/mol. The molecule has 0 radical (unpaired) electrons. The van der Waals surface area contributed by atoms with Crippen LogP contribution in [0.15, 0.2) is 78.5 Å². The van der Waals surface area contributed by atoms with E-state index < -0.39 is 11.8 Å². The fraction of sp³-hybridized carbons (Fsp3) is 0. The van der Waals surface area contributed by atoms with Gasteiger partial charge >= 0.3 is 0 Å². The minimum absolute atomic E-state index is 0.00589. The summed E-state index contributed by atoms with van der Waals surface area (Å²) >= 11 is 11.2. The highest BCUT2D eigenvalue weighted by Crippen LogP contribution is 2.23. The number of carbonyl (C=O) groups excluding carboxylic acids is 2. The molecular weight excluding hydrogens is 394 g/mol. The largest absolute Gasteiger partial charge is 0.317 e. The molecule has 2 heterocycles. The molecular formula is C21H14ClN3O2S. The molecule has 28 heavy (non-hydrogen) atoms. The lowest BCUT2D eigenvalue weighted by atomic mass is 10.1. The van der Waals surface area contributed by atoms with Crippen molar-refractivity contribution in [3.63, 3.8) is 0 Å². The Morgan fingerprint density at radius 1 is 0.893 bits per heavy atom. The number of hydrogen-bond donors (Lipinski definition) is 1. The van der Waals surface area contributed by atoms with E-state index >= 15 is 0 Å². The Labute approximate surface area is 171 Å². The summed E-state index contributed by atoms with van der Waals surface area (Å²) in [6.45, 7) is 0. The summed E-state index contributed by atoms with van der Waals surface area (Å²) in [4.78, 5) is 26.8. The van der Waals surface area contributed by atoms with Gasteiger partial charge in [-0.3, -0.25) is 19.8 Å². The van der Waals surface area contributed by atoms with E-state index in [-0.39, 0.29) is 10.7 Å². The Morgan fingerprint density at radius 3 is 2.32 bits per heavy atom. The highest BCUT2D eigenvalue weighted by Gasteiger charge is 2.34. The molecule has 1 fully saturated rings. The first-order valence-corrected chi connectivity index (χ1v) is 9.23. The predicted molar refractivity (Wildman–Crippen MR) is 113 cm³/mol. The number of nitrogens with zero attached hydrogens (tertiary/aromatic N) is 2. The molecule has 138 valence electrons. The summed E-state index contributed by atoms with van der Waals surface area (Å²) < 4.78 is 1.86. The minimum atomic E-state index is -0.522. The van der Waals surface area contributed by atoms with Gasteiger partial charge in [-0.25, -0.2) is 0 Å². The molecule has 1 aliphatic heterocycles. The maximum Gasteiger partial charge on any atom is 0.270 e. The van der Waals surface area contributed by atoms with Crippen LogP contribution in [0.3, 0.4) is 0 Å². The second kappa shape index (κ2) is 7.42. The summed E-state index contributed by atoms with van der Waals surface area (Å²) in [7, 11) is 0. The van der Waals surface area contributed by atoms with Crippen molar-refractivity contribution in [2.24, 2.45) is 0 Å². The van der Waals surface area contributed by atoms with Crippen molar-refractivity contribution in [2.45, 2.75) is 0 Å². The van der Waals surface area contributed by atoms with Gasteiger partial charge in [0.05, 0.1) is 5.69 Å². The number of carbonyl (C=O) groups is 2. The zero-order valence-electron chi connectivity index (χ0n) is 14.5. The van der Waals surface area contributed by atoms with E-state index in [1.54, 1.807) is 42.5 Å². The molecule has 0 saturated carbocycles. The van der Waals surface area contributed by atoms with Crippen molar-refractivity contribution in [1.82, 2.24) is 9.88 Å². The third kappa shape index (κ3) is 3.35. The van der Waals surface area contributed by atoms with E-state index in [0.29, 0.717) is 16.4 Å². The predicted octanol–water partition coefficient (Wildman–Crippen LogP) is 3.96. The first-order valence-electron chi connectivity index (χ1n) is 8.44. The average Bonchev–Trinajstić information content (AvgIpc) is 3.15. The molecule has 4 rings (SSSR count). The zero-order chi connectivity index (χ0) is 19.7. The van der Waals surface area contributed by atoms with Crippen LogP contribution in [0.1, 0.15) is 5.69 Å². The van der Waals surface area contributed by atoms with Gasteiger partial charge in [0.15, 0.2) is 5.11 Å². The van der Waals surface area contributed by atoms with Gasteiger partial charge in [-0.05, 0) is 66.8 Å². The molecule has 2 amide bonds. The van der Waals surface area contributed by atoms with Crippen LogP contribution in [0.5, 0.6) is 0 Å². The number of benzene rings is 2. The second-order valence-corrected chi connectivity index (χ2v) is 6.90. The van der Waals surface area contributed by atoms with Gasteiger partial charge in [-0.15, -0.1) is 0 Å². The Morgan fingerprint density at radius 2 is 1.61 bits per heavy atom. The number of thiocarbonyl (C=S) groups is 1. The molecule has 1 aliphatic rings. The molecule has 2 aromatic carbocycles. The highest BCUT2D eigenvalue weighted by molar-refractivity contribution is 7.80. The van der Waals surface area contributed by atoms with E-state index in [1.165, 1.54) is 4.90 Å². The Balaban J connectivity index is 1.74. The van der Waals surface area contributed by atoms with E-state index in [0.717, 1.165) is 5.69 Å². The van der Waals surface area contributed by atoms with E-state index in [1.807, 2.05) is 41.1 Å². The van der Waals surface area contributed by atoms with Crippen molar-refractivity contribution < 1.29 is 9.59 Å². The van der Waals surface area contributed by atoms with E-state index in [4.69, 9.17) is 23.8 Å². The van der Waals surface area contributed by atoms with Gasteiger partial charge in [0.25, 0.3) is 11.8 Å². The number of hydrogen-bond acceptors (Lipinski definition) is 3. The average molecular weight is 408 g/mol. The number of aromatic nitrogens is 1. The normalized spacial score (nSPS) is 15.8. The standard InChI is InChI=1S/C21H14ClN3O2S/c22-14-8-10-15(11-9-14)24-12-4-7-17(24)13-18-19(26)23-21(28)25(20(18)27)16-5-2-1-3-6-16/h1-13H,(H,23,26,28). The van der Waals surface area contributed by atoms with Gasteiger partial charge in [0.2, 0.25) is 0 Å². The van der Waals surface area contributed by atoms with Crippen LogP contribution in [0.2, 0.25) is 5.02 Å². The molecule has 0 aliphatic carbocycles. The van der Waals surface area contributed by atoms with Crippen LogP contribution in [-0.2, 0) is 9.59 Å². The lowest BCUT2D eigenvalue weighted by Gasteiger charge is -2.28. The second-order valence-electron chi connectivity index (χ2n) is 6.07. The molecule has 1 N–H and O–H groups in total. The third-order valence-electron chi connectivity index (χ3n) is 4.29. The topological polar surface area (TPSA) is 54.3 Å². The number of rotatable bonds is 3. The van der Waals surface area contributed by atoms with Crippen molar-refractivity contribution in [2.75, 3.05) is 4.90 Å². The molecule has 7 heteroatoms. The van der Waals surface area contributed by atoms with Crippen LogP contribution < -0.4 is 10.2 Å². The lowest BCUT2D eigenvalue weighted by molar-refractivity contribution is -0.122. The van der Waals surface area contributed by atoms with Crippen molar-refractivity contribution in [3.8, 4) is 5.69 Å². The molecule has 0 spiro atoms. The van der Waals surface area contributed by atoms with Crippen LogP contribution >= 0.6 is 23.8 Å². The van der Waals surface area contributed by atoms with Gasteiger partial charge in [-0.2, -0.15) is 0 Å². The molecule has 5 nitrogen and oxygen atoms in total. The van der Waals surface area contributed by atoms with Crippen LogP contribution in [0.25, 0.3) is 11.8 Å². The number of amides is 2. The summed E-state index contributed by atoms with van der Waals surface area (Å²) in [6.07, 6.45) is 3.41. The van der Waals surface area contributed by atoms with Crippen molar-refractivity contribution in [1.29, 1.82) is 0 Å². The first kappa shape index (κ1) is 18.2. The van der Waals surface area contributed by atoms with E-state index in [9.17, 15) is 9.59 Å². The third-order valence-corrected chi connectivity index (χ3v) is 4.83. The van der Waals surface area contributed by atoms with Gasteiger partial charge in [-0.1, -0.05) is 29.8 Å². The summed E-state index contributed by atoms with van der Waals surface area (Å²) in [5.74, 6) is -0.991. The lowest BCUT2D eigenvalue weighted by Crippen LogP contribution is -2.54. The van der Waals surface area contributed by atoms with Gasteiger partial charge < -0.3 is 4.57 Å². The summed E-state index contributed by atoms with van der Waals surface area (Å²) in [5.41, 5.74) is 2.14. The smallest absolute Gasteiger partial charge is 0.270 e. The molecule has 0 unspecified atom stereocenters. The fourth-order valence-electron chi connectivity index (χ4n) is 2.97. The van der Waals surface area contributed by atoms with E-state index in [2.05, 4.69) is 5.32 Å². The van der Waals surface area contributed by atoms with Gasteiger partial charge in [0, 0.05) is 22.6 Å². The maximum atomic E-state index is 13.0. The number of anilines is 1. The van der Waals surface area contributed by atoms with Crippen LogP contribution in [-0.4, -0.2) is 21.5 Å².